The maximum absolute atomic E-state index is 12.7. The number of rotatable bonds is 7. The third kappa shape index (κ3) is 4.58. The van der Waals surface area contributed by atoms with Gasteiger partial charge in [-0.1, -0.05) is 23.2 Å². The van der Waals surface area contributed by atoms with E-state index in [4.69, 9.17) is 33.7 Å². The molecule has 7 nitrogen and oxygen atoms in total. The summed E-state index contributed by atoms with van der Waals surface area (Å²) in [6.45, 7) is 1.93. The Morgan fingerprint density at radius 1 is 1.17 bits per heavy atom. The Kier molecular flexibility index (Phi) is 6.64. The van der Waals surface area contributed by atoms with Gasteiger partial charge in [-0.05, 0) is 49.4 Å². The van der Waals surface area contributed by atoms with Crippen molar-refractivity contribution in [1.82, 2.24) is 15.1 Å². The van der Waals surface area contributed by atoms with Crippen LogP contribution in [0.4, 0.5) is 0 Å². The van der Waals surface area contributed by atoms with Gasteiger partial charge in [0.05, 0.1) is 23.5 Å². The number of primary amides is 1. The lowest BCUT2D eigenvalue weighted by molar-refractivity contribution is -0.117. The van der Waals surface area contributed by atoms with Gasteiger partial charge in [-0.25, -0.2) is 4.68 Å². The number of carbonyl (C=O) groups is 2. The second-order valence-electron chi connectivity index (χ2n) is 6.53. The van der Waals surface area contributed by atoms with E-state index in [9.17, 15) is 9.59 Å². The normalized spacial score (nSPS) is 10.7. The number of nitrogens with two attached hydrogens (primary N) is 1. The maximum atomic E-state index is 12.7. The fraction of sp³-hybridized carbons (Fsp3) is 0.190. The Balaban J connectivity index is 2.11. The minimum Gasteiger partial charge on any atom is -0.497 e. The summed E-state index contributed by atoms with van der Waals surface area (Å²) in [5.74, 6) is -0.201. The van der Waals surface area contributed by atoms with Crippen LogP contribution in [-0.4, -0.2) is 35.2 Å². The number of carbonyl (C=O) groups excluding carboxylic acids is 2. The van der Waals surface area contributed by atoms with Crippen LogP contribution in [0.15, 0.2) is 42.5 Å². The van der Waals surface area contributed by atoms with Crippen LogP contribution < -0.4 is 15.8 Å². The van der Waals surface area contributed by atoms with Gasteiger partial charge in [0.25, 0.3) is 5.91 Å². The minimum atomic E-state index is -0.496. The van der Waals surface area contributed by atoms with Crippen molar-refractivity contribution in [1.29, 1.82) is 0 Å². The average molecular weight is 447 g/mol. The van der Waals surface area contributed by atoms with Crippen LogP contribution in [0.1, 0.15) is 22.5 Å². The number of nitrogens with zero attached hydrogens (tertiary/aromatic N) is 2. The molecule has 1 aromatic heterocycles. The number of halogens is 2. The summed E-state index contributed by atoms with van der Waals surface area (Å²) in [4.78, 5) is 23.6. The zero-order valence-electron chi connectivity index (χ0n) is 16.4. The Morgan fingerprint density at radius 3 is 2.47 bits per heavy atom. The highest BCUT2D eigenvalue weighted by Crippen LogP contribution is 2.33. The first-order valence-corrected chi connectivity index (χ1v) is 9.83. The van der Waals surface area contributed by atoms with Gasteiger partial charge in [0.15, 0.2) is 5.69 Å². The van der Waals surface area contributed by atoms with Crippen LogP contribution in [0.2, 0.25) is 10.0 Å². The van der Waals surface area contributed by atoms with Crippen molar-refractivity contribution in [3.63, 3.8) is 0 Å². The lowest BCUT2D eigenvalue weighted by Crippen LogP contribution is -2.28. The largest absolute Gasteiger partial charge is 0.497 e. The Labute approximate surface area is 183 Å². The van der Waals surface area contributed by atoms with Crippen LogP contribution in [0.3, 0.4) is 0 Å². The molecule has 0 atom stereocenters. The number of methoxy groups -OCH3 is 1. The Hall–Kier alpha value is -3.03. The van der Waals surface area contributed by atoms with E-state index in [1.807, 2.05) is 24.3 Å². The fourth-order valence-corrected chi connectivity index (χ4v) is 3.50. The molecule has 0 radical (unpaired) electrons. The minimum absolute atomic E-state index is 0.0415. The molecule has 3 rings (SSSR count). The second-order valence-corrected chi connectivity index (χ2v) is 7.37. The summed E-state index contributed by atoms with van der Waals surface area (Å²) >= 11 is 12.4. The molecule has 0 aliphatic rings. The second kappa shape index (κ2) is 9.19. The van der Waals surface area contributed by atoms with Crippen LogP contribution in [0.5, 0.6) is 5.75 Å². The van der Waals surface area contributed by atoms with E-state index in [0.29, 0.717) is 32.7 Å². The van der Waals surface area contributed by atoms with E-state index in [1.165, 1.54) is 0 Å². The monoisotopic (exact) mass is 446 g/mol. The SMILES string of the molecule is COc1ccc(-c2c(C)c(C(=O)NCCC(N)=O)nn2-c2ccc(Cl)cc2Cl)cc1. The van der Waals surface area contributed by atoms with Crippen molar-refractivity contribution in [2.45, 2.75) is 13.3 Å². The number of hydrogen-bond donors (Lipinski definition) is 2. The van der Waals surface area contributed by atoms with Crippen molar-refractivity contribution in [2.24, 2.45) is 5.73 Å². The molecule has 0 bridgehead atoms. The highest BCUT2D eigenvalue weighted by molar-refractivity contribution is 6.35. The van der Waals surface area contributed by atoms with Crippen LogP contribution in [-0.2, 0) is 4.79 Å². The van der Waals surface area contributed by atoms with Gasteiger partial charge in [-0.15, -0.1) is 0 Å². The van der Waals surface area contributed by atoms with Gasteiger partial charge < -0.3 is 15.8 Å². The number of aromatic nitrogens is 2. The van der Waals surface area contributed by atoms with Crippen LogP contribution >= 0.6 is 23.2 Å². The van der Waals surface area contributed by atoms with Crippen molar-refractivity contribution in [2.75, 3.05) is 13.7 Å². The van der Waals surface area contributed by atoms with Crippen molar-refractivity contribution >= 4 is 35.0 Å². The zero-order valence-corrected chi connectivity index (χ0v) is 17.9. The summed E-state index contributed by atoms with van der Waals surface area (Å²) < 4.78 is 6.84. The molecule has 2 aromatic carbocycles. The number of benzene rings is 2. The number of amides is 2. The van der Waals surface area contributed by atoms with E-state index in [1.54, 1.807) is 36.9 Å². The van der Waals surface area contributed by atoms with E-state index < -0.39 is 11.8 Å². The Bertz CT molecular complexity index is 1090. The zero-order chi connectivity index (χ0) is 21.8. The summed E-state index contributed by atoms with van der Waals surface area (Å²) in [6, 6.07) is 12.4. The molecule has 156 valence electrons. The first-order chi connectivity index (χ1) is 14.3. The number of hydrogen-bond acceptors (Lipinski definition) is 4. The van der Waals surface area contributed by atoms with E-state index in [-0.39, 0.29) is 18.7 Å². The summed E-state index contributed by atoms with van der Waals surface area (Å²) in [5.41, 5.74) is 8.10. The van der Waals surface area contributed by atoms with E-state index in [2.05, 4.69) is 10.4 Å². The maximum Gasteiger partial charge on any atom is 0.272 e. The molecular formula is C21H20Cl2N4O3. The standard InChI is InChI=1S/C21H20Cl2N4O3/c1-12-19(21(29)25-10-9-18(24)28)26-27(17-8-5-14(22)11-16(17)23)20(12)13-3-6-15(30-2)7-4-13/h3-8,11H,9-10H2,1-2H3,(H2,24,28)(H,25,29). The first kappa shape index (κ1) is 21.7. The van der Waals surface area contributed by atoms with E-state index >= 15 is 0 Å². The van der Waals surface area contributed by atoms with Crippen LogP contribution in [0.25, 0.3) is 16.9 Å². The highest BCUT2D eigenvalue weighted by atomic mass is 35.5. The predicted octanol–water partition coefficient (Wildman–Crippen LogP) is 3.77. The molecule has 3 N–H and O–H groups in total. The van der Waals surface area contributed by atoms with Crippen molar-refractivity contribution in [3.8, 4) is 22.7 Å². The summed E-state index contributed by atoms with van der Waals surface area (Å²) in [5, 5.41) is 8.06. The van der Waals surface area contributed by atoms with Crippen molar-refractivity contribution < 1.29 is 14.3 Å². The number of ether oxygens (including phenoxy) is 1. The molecular weight excluding hydrogens is 427 g/mol. The smallest absolute Gasteiger partial charge is 0.272 e. The molecule has 3 aromatic rings. The molecule has 9 heteroatoms. The van der Waals surface area contributed by atoms with Gasteiger partial charge in [0.1, 0.15) is 5.75 Å². The lowest BCUT2D eigenvalue weighted by Gasteiger charge is -2.11. The highest BCUT2D eigenvalue weighted by Gasteiger charge is 2.23. The summed E-state index contributed by atoms with van der Waals surface area (Å²) in [7, 11) is 1.59. The van der Waals surface area contributed by atoms with Gasteiger partial charge in [0, 0.05) is 29.1 Å². The van der Waals surface area contributed by atoms with Gasteiger partial charge in [0.2, 0.25) is 5.91 Å². The number of nitrogens with one attached hydrogen (secondary N) is 1. The molecule has 2 amide bonds. The third-order valence-corrected chi connectivity index (χ3v) is 5.03. The third-order valence-electron chi connectivity index (χ3n) is 4.50. The lowest BCUT2D eigenvalue weighted by atomic mass is 10.1. The topological polar surface area (TPSA) is 99.2 Å². The summed E-state index contributed by atoms with van der Waals surface area (Å²) in [6.07, 6.45) is 0.0415. The average Bonchev–Trinajstić information content (AvgIpc) is 3.04. The molecule has 0 aliphatic heterocycles. The van der Waals surface area contributed by atoms with Gasteiger partial charge in [-0.3, -0.25) is 9.59 Å². The molecule has 1 heterocycles. The molecule has 0 aliphatic carbocycles. The molecule has 0 unspecified atom stereocenters. The molecule has 0 fully saturated rings. The van der Waals surface area contributed by atoms with Gasteiger partial charge >= 0.3 is 0 Å². The Morgan fingerprint density at radius 2 is 1.87 bits per heavy atom. The molecule has 30 heavy (non-hydrogen) atoms. The van der Waals surface area contributed by atoms with Crippen molar-refractivity contribution in [3.05, 3.63) is 63.8 Å². The molecule has 0 saturated carbocycles. The first-order valence-electron chi connectivity index (χ1n) is 9.07. The molecule has 0 saturated heterocycles. The van der Waals surface area contributed by atoms with E-state index in [0.717, 1.165) is 5.56 Å². The molecule has 0 spiro atoms. The predicted molar refractivity (Wildman–Crippen MR) is 116 cm³/mol. The quantitative estimate of drug-likeness (QED) is 0.576. The van der Waals surface area contributed by atoms with Gasteiger partial charge in [-0.2, -0.15) is 5.10 Å². The fourth-order valence-electron chi connectivity index (χ4n) is 3.01. The van der Waals surface area contributed by atoms with Crippen LogP contribution in [0, 0.1) is 6.92 Å².